The van der Waals surface area contributed by atoms with Gasteiger partial charge in [0.25, 0.3) is 0 Å². The van der Waals surface area contributed by atoms with Gasteiger partial charge < -0.3 is 13.6 Å². The minimum Gasteiger partial charge on any atom is -0.456 e. The highest BCUT2D eigenvalue weighted by molar-refractivity contribution is 6.19. The summed E-state index contributed by atoms with van der Waals surface area (Å²) >= 11 is 0. The van der Waals surface area contributed by atoms with Gasteiger partial charge in [-0.3, -0.25) is 0 Å². The van der Waals surface area contributed by atoms with Gasteiger partial charge >= 0.3 is 0 Å². The third-order valence-electron chi connectivity index (χ3n) is 14.1. The van der Waals surface area contributed by atoms with E-state index in [4.69, 9.17) is 19.4 Å². The average Bonchev–Trinajstić information content (AvgIpc) is 4.06. The van der Waals surface area contributed by atoms with Crippen LogP contribution in [0.1, 0.15) is 0 Å². The molecule has 320 valence electrons. The Labute approximate surface area is 394 Å². The number of hydrogen-bond donors (Lipinski definition) is 0. The van der Waals surface area contributed by atoms with Gasteiger partial charge in [-0.05, 0) is 99.0 Å². The van der Waals surface area contributed by atoms with Gasteiger partial charge in [-0.2, -0.15) is 0 Å². The van der Waals surface area contributed by atoms with E-state index in [0.29, 0.717) is 17.5 Å². The maximum absolute atomic E-state index is 6.99. The lowest BCUT2D eigenvalue weighted by atomic mass is 10.0. The average molecular weight is 880 g/mol. The molecule has 11 aromatic carbocycles. The Bertz CT molecular complexity index is 4610. The lowest BCUT2D eigenvalue weighted by Gasteiger charge is -2.14. The number of fused-ring (bicyclic) bond motifs is 12. The van der Waals surface area contributed by atoms with Crippen molar-refractivity contribution in [1.29, 1.82) is 0 Å². The number of benzene rings is 11. The molecule has 0 atom stereocenters. The Hall–Kier alpha value is -9.39. The topological polar surface area (TPSA) is 61.7 Å². The summed E-state index contributed by atoms with van der Waals surface area (Å²) in [6.07, 6.45) is 0. The van der Waals surface area contributed by atoms with E-state index in [0.717, 1.165) is 99.0 Å². The fraction of sp³-hybridized carbons (Fsp3) is 0. The Morgan fingerprint density at radius 3 is 1.62 bits per heavy atom. The van der Waals surface area contributed by atoms with E-state index in [1.807, 2.05) is 0 Å². The lowest BCUT2D eigenvalue weighted by Crippen LogP contribution is -2.02. The predicted molar refractivity (Wildman–Crippen MR) is 285 cm³/mol. The molecule has 4 heterocycles. The molecule has 0 fully saturated rings. The van der Waals surface area contributed by atoms with E-state index in [-0.39, 0.29) is 0 Å². The molecule has 0 aliphatic heterocycles. The van der Waals surface area contributed by atoms with Crippen LogP contribution in [0, 0.1) is 0 Å². The van der Waals surface area contributed by atoms with E-state index in [2.05, 4.69) is 234 Å². The van der Waals surface area contributed by atoms with Gasteiger partial charge in [-0.25, -0.2) is 15.0 Å². The largest absolute Gasteiger partial charge is 0.456 e. The molecule has 15 aromatic rings. The van der Waals surface area contributed by atoms with E-state index >= 15 is 0 Å². The van der Waals surface area contributed by atoms with E-state index < -0.39 is 0 Å². The lowest BCUT2D eigenvalue weighted by molar-refractivity contribution is 0.669. The van der Waals surface area contributed by atoms with Crippen molar-refractivity contribution in [2.75, 3.05) is 0 Å². The van der Waals surface area contributed by atoms with Gasteiger partial charge in [-0.1, -0.05) is 158 Å². The van der Waals surface area contributed by atoms with Gasteiger partial charge in [0.15, 0.2) is 17.5 Å². The molecule has 6 nitrogen and oxygen atoms in total. The Balaban J connectivity index is 1.04. The summed E-state index contributed by atoms with van der Waals surface area (Å²) in [7, 11) is 0. The van der Waals surface area contributed by atoms with Crippen molar-refractivity contribution in [3.8, 4) is 45.5 Å². The van der Waals surface area contributed by atoms with Crippen LogP contribution in [0.15, 0.2) is 229 Å². The van der Waals surface area contributed by atoms with Gasteiger partial charge in [0.05, 0.1) is 33.1 Å². The first-order chi connectivity index (χ1) is 34.2. The van der Waals surface area contributed by atoms with Crippen LogP contribution < -0.4 is 0 Å². The molecule has 0 saturated carbocycles. The minimum absolute atomic E-state index is 0.548. The number of aromatic nitrogens is 5. The van der Waals surface area contributed by atoms with Crippen molar-refractivity contribution in [2.24, 2.45) is 0 Å². The maximum Gasteiger partial charge on any atom is 0.164 e. The summed E-state index contributed by atoms with van der Waals surface area (Å²) in [6, 6.07) is 79.8. The second-order valence-electron chi connectivity index (χ2n) is 18.0. The maximum atomic E-state index is 6.99. The van der Waals surface area contributed by atoms with Crippen LogP contribution in [-0.4, -0.2) is 24.1 Å². The standard InChI is InChI=1S/C63H37N5O/c1-2-21-45(22-3-1)67-53-27-12-10-24-47(53)49-30-29-43(34-55(49)67)61-64-62(66-63(65-61)50-26-14-20-38-15-8-9-23-46(38)50)44-35-57(60-52-32-40-17-5-7-19-42(40)36-58(52)69-59(60)37-44)68-54-28-13-11-25-48(54)51-31-39-16-4-6-18-41(39)33-56(51)68/h1-37H. The van der Waals surface area contributed by atoms with Crippen LogP contribution in [0.25, 0.3) is 143 Å². The molecule has 0 spiro atoms. The molecule has 69 heavy (non-hydrogen) atoms. The van der Waals surface area contributed by atoms with E-state index in [9.17, 15) is 0 Å². The second kappa shape index (κ2) is 14.6. The molecule has 0 radical (unpaired) electrons. The van der Waals surface area contributed by atoms with Crippen LogP contribution >= 0.6 is 0 Å². The molecule has 0 aliphatic rings. The molecule has 0 N–H and O–H groups in total. The number of para-hydroxylation sites is 3. The first-order valence-corrected chi connectivity index (χ1v) is 23.3. The summed E-state index contributed by atoms with van der Waals surface area (Å²) in [5, 5.41) is 13.6. The molecular formula is C63H37N5O. The van der Waals surface area contributed by atoms with Crippen molar-refractivity contribution in [3.05, 3.63) is 224 Å². The van der Waals surface area contributed by atoms with Crippen LogP contribution in [0.5, 0.6) is 0 Å². The number of rotatable bonds is 5. The van der Waals surface area contributed by atoms with Crippen molar-refractivity contribution in [3.63, 3.8) is 0 Å². The second-order valence-corrected chi connectivity index (χ2v) is 18.0. The third kappa shape index (κ3) is 5.76. The summed E-state index contributed by atoms with van der Waals surface area (Å²) in [5.41, 5.74) is 10.7. The molecule has 0 aliphatic carbocycles. The number of nitrogens with zero attached hydrogens (tertiary/aromatic N) is 5. The molecule has 0 saturated heterocycles. The molecule has 15 rings (SSSR count). The first-order valence-electron chi connectivity index (χ1n) is 23.3. The SMILES string of the molecule is c1ccc(-n2c3ccccc3c3ccc(-c4nc(-c5cc(-n6c7ccccc7c7cc8ccccc8cc76)c6c(c5)oc5cc7ccccc7cc56)nc(-c5cccc6ccccc56)n4)cc32)cc1. The van der Waals surface area contributed by atoms with Gasteiger partial charge in [0.1, 0.15) is 11.2 Å². The van der Waals surface area contributed by atoms with Gasteiger partial charge in [-0.15, -0.1) is 0 Å². The first kappa shape index (κ1) is 37.8. The zero-order valence-corrected chi connectivity index (χ0v) is 37.0. The smallest absolute Gasteiger partial charge is 0.164 e. The summed E-state index contributed by atoms with van der Waals surface area (Å²) in [6.45, 7) is 0. The van der Waals surface area contributed by atoms with Crippen LogP contribution in [0.2, 0.25) is 0 Å². The zero-order chi connectivity index (χ0) is 45.2. The van der Waals surface area contributed by atoms with Crippen molar-refractivity contribution in [2.45, 2.75) is 0 Å². The predicted octanol–water partition coefficient (Wildman–Crippen LogP) is 16.4. The van der Waals surface area contributed by atoms with Crippen molar-refractivity contribution < 1.29 is 4.42 Å². The van der Waals surface area contributed by atoms with Crippen molar-refractivity contribution in [1.82, 2.24) is 24.1 Å². The highest BCUT2D eigenvalue weighted by atomic mass is 16.3. The summed E-state index contributed by atoms with van der Waals surface area (Å²) < 4.78 is 11.7. The van der Waals surface area contributed by atoms with Gasteiger partial charge in [0.2, 0.25) is 0 Å². The molecule has 0 unspecified atom stereocenters. The normalized spacial score (nSPS) is 12.1. The molecule has 6 heteroatoms. The zero-order valence-electron chi connectivity index (χ0n) is 37.0. The van der Waals surface area contributed by atoms with Crippen molar-refractivity contribution >= 4 is 97.9 Å². The molecule has 0 bridgehead atoms. The third-order valence-corrected chi connectivity index (χ3v) is 14.1. The Morgan fingerprint density at radius 2 is 0.855 bits per heavy atom. The molecule has 0 amide bonds. The Morgan fingerprint density at radius 1 is 0.304 bits per heavy atom. The Kier molecular flexibility index (Phi) is 7.97. The molecule has 4 aromatic heterocycles. The highest BCUT2D eigenvalue weighted by Gasteiger charge is 2.23. The van der Waals surface area contributed by atoms with Crippen LogP contribution in [-0.2, 0) is 0 Å². The van der Waals surface area contributed by atoms with Crippen LogP contribution in [0.4, 0.5) is 0 Å². The van der Waals surface area contributed by atoms with E-state index in [1.165, 1.54) is 26.9 Å². The quantitative estimate of drug-likeness (QED) is 0.173. The fourth-order valence-corrected chi connectivity index (χ4v) is 10.9. The molecular weight excluding hydrogens is 843 g/mol. The number of hydrogen-bond acceptors (Lipinski definition) is 4. The van der Waals surface area contributed by atoms with E-state index in [1.54, 1.807) is 0 Å². The highest BCUT2D eigenvalue weighted by Crippen LogP contribution is 2.43. The monoisotopic (exact) mass is 879 g/mol. The minimum atomic E-state index is 0.548. The summed E-state index contributed by atoms with van der Waals surface area (Å²) in [5.74, 6) is 1.72. The fourth-order valence-electron chi connectivity index (χ4n) is 10.9. The van der Waals surface area contributed by atoms with Gasteiger partial charge in [0, 0.05) is 49.3 Å². The van der Waals surface area contributed by atoms with Crippen LogP contribution in [0.3, 0.4) is 0 Å². The summed E-state index contributed by atoms with van der Waals surface area (Å²) in [4.78, 5) is 16.2. The number of furan rings is 1.